The summed E-state index contributed by atoms with van der Waals surface area (Å²) in [5, 5.41) is 3.89. The number of ether oxygens (including phenoxy) is 1. The van der Waals surface area contributed by atoms with E-state index in [9.17, 15) is 9.59 Å². The maximum Gasteiger partial charge on any atom is 0.276 e. The molecule has 1 aliphatic rings. The van der Waals surface area contributed by atoms with Gasteiger partial charge in [0.1, 0.15) is 12.4 Å². The van der Waals surface area contributed by atoms with Gasteiger partial charge >= 0.3 is 0 Å². The number of carbonyl (C=O) groups is 2. The summed E-state index contributed by atoms with van der Waals surface area (Å²) in [7, 11) is 0. The topological polar surface area (TPSA) is 72.6 Å². The van der Waals surface area contributed by atoms with Gasteiger partial charge in [0.15, 0.2) is 17.2 Å². The van der Waals surface area contributed by atoms with E-state index in [2.05, 4.69) is 25.1 Å². The highest BCUT2D eigenvalue weighted by Crippen LogP contribution is 2.21. The monoisotopic (exact) mass is 354 g/mol. The summed E-state index contributed by atoms with van der Waals surface area (Å²) in [5.74, 6) is 1.28. The van der Waals surface area contributed by atoms with Crippen LogP contribution in [0, 0.1) is 5.92 Å². The van der Waals surface area contributed by atoms with E-state index in [-0.39, 0.29) is 30.0 Å². The van der Waals surface area contributed by atoms with Crippen molar-refractivity contribution in [3.8, 4) is 5.75 Å². The Hall–Kier alpha value is -2.89. The summed E-state index contributed by atoms with van der Waals surface area (Å²) in [6.07, 6.45) is 4.05. The van der Waals surface area contributed by atoms with Crippen LogP contribution in [-0.4, -0.2) is 34.3 Å². The number of amides is 1. The Morgan fingerprint density at radius 1 is 1.31 bits per heavy atom. The largest absolute Gasteiger partial charge is 0.486 e. The molecule has 2 heterocycles. The van der Waals surface area contributed by atoms with E-state index < -0.39 is 0 Å². The third kappa shape index (κ3) is 3.85. The zero-order chi connectivity index (χ0) is 18.7. The van der Waals surface area contributed by atoms with Crippen LogP contribution < -0.4 is 4.74 Å². The molecule has 2 aromatic rings. The molecule has 1 aromatic heterocycles. The number of aromatic nitrogens is 1. The Labute approximate surface area is 152 Å². The van der Waals surface area contributed by atoms with Crippen LogP contribution in [0.15, 0.2) is 47.0 Å². The van der Waals surface area contributed by atoms with Gasteiger partial charge in [0.05, 0.1) is 6.04 Å². The van der Waals surface area contributed by atoms with E-state index in [1.54, 1.807) is 35.2 Å². The Kier molecular flexibility index (Phi) is 5.21. The number of rotatable bonds is 6. The van der Waals surface area contributed by atoms with Crippen molar-refractivity contribution in [2.45, 2.75) is 33.4 Å². The van der Waals surface area contributed by atoms with Crippen LogP contribution in [0.25, 0.3) is 0 Å². The van der Waals surface area contributed by atoms with E-state index in [1.807, 2.05) is 6.08 Å². The van der Waals surface area contributed by atoms with Crippen molar-refractivity contribution >= 4 is 11.7 Å². The van der Waals surface area contributed by atoms with Gasteiger partial charge in [-0.3, -0.25) is 9.59 Å². The number of hydrogen-bond donors (Lipinski definition) is 0. The fraction of sp³-hybridized carbons (Fsp3) is 0.350. The van der Waals surface area contributed by atoms with Crippen LogP contribution in [0.2, 0.25) is 0 Å². The molecule has 3 rings (SSSR count). The summed E-state index contributed by atoms with van der Waals surface area (Å²) in [6.45, 7) is 6.43. The van der Waals surface area contributed by atoms with Crippen molar-refractivity contribution in [1.82, 2.24) is 10.1 Å². The zero-order valence-electron chi connectivity index (χ0n) is 15.1. The molecule has 0 aliphatic carbocycles. The summed E-state index contributed by atoms with van der Waals surface area (Å²) in [6, 6.07) is 8.56. The average molecular weight is 354 g/mol. The molecule has 6 heteroatoms. The molecule has 0 spiro atoms. The first kappa shape index (κ1) is 17.9. The van der Waals surface area contributed by atoms with Crippen molar-refractivity contribution in [1.29, 1.82) is 0 Å². The smallest absolute Gasteiger partial charge is 0.276 e. The highest BCUT2D eigenvalue weighted by Gasteiger charge is 2.29. The van der Waals surface area contributed by atoms with Gasteiger partial charge in [-0.25, -0.2) is 0 Å². The van der Waals surface area contributed by atoms with Crippen LogP contribution in [-0.2, 0) is 6.61 Å². The molecule has 0 N–H and O–H groups in total. The zero-order valence-corrected chi connectivity index (χ0v) is 15.1. The molecule has 1 atom stereocenters. The van der Waals surface area contributed by atoms with Crippen molar-refractivity contribution < 1.29 is 18.8 Å². The Morgan fingerprint density at radius 2 is 2.04 bits per heavy atom. The van der Waals surface area contributed by atoms with Gasteiger partial charge in [0, 0.05) is 18.2 Å². The minimum Gasteiger partial charge on any atom is -0.486 e. The van der Waals surface area contributed by atoms with Crippen molar-refractivity contribution in [3.05, 3.63) is 59.5 Å². The normalized spacial score (nSPS) is 16.3. The minimum absolute atomic E-state index is 0.00560. The van der Waals surface area contributed by atoms with Crippen molar-refractivity contribution in [2.24, 2.45) is 5.92 Å². The SMILES string of the molecule is CC(=O)c1ccc(OCc2cc(C(=O)N3CC=CC3C(C)C)no2)cc1. The van der Waals surface area contributed by atoms with Crippen LogP contribution in [0.1, 0.15) is 47.4 Å². The first-order valence-corrected chi connectivity index (χ1v) is 8.62. The molecule has 0 saturated carbocycles. The summed E-state index contributed by atoms with van der Waals surface area (Å²) >= 11 is 0. The van der Waals surface area contributed by atoms with Gasteiger partial charge in [0.25, 0.3) is 5.91 Å². The predicted octanol–water partition coefficient (Wildman–Crippen LogP) is 3.49. The molecular formula is C20H22N2O4. The molecule has 0 radical (unpaired) electrons. The molecule has 0 saturated heterocycles. The predicted molar refractivity (Wildman–Crippen MR) is 96.1 cm³/mol. The van der Waals surface area contributed by atoms with Gasteiger partial charge < -0.3 is 14.2 Å². The van der Waals surface area contributed by atoms with Crippen LogP contribution in [0.3, 0.4) is 0 Å². The number of ketones is 1. The molecule has 26 heavy (non-hydrogen) atoms. The quantitative estimate of drug-likeness (QED) is 0.586. The average Bonchev–Trinajstić information content (AvgIpc) is 3.29. The molecule has 1 amide bonds. The molecule has 0 bridgehead atoms. The lowest BCUT2D eigenvalue weighted by molar-refractivity contribution is 0.0709. The number of carbonyl (C=O) groups excluding carboxylic acids is 2. The molecule has 6 nitrogen and oxygen atoms in total. The number of Topliss-reactive ketones (excluding diaryl/α,β-unsaturated/α-hetero) is 1. The van der Waals surface area contributed by atoms with Crippen LogP contribution >= 0.6 is 0 Å². The van der Waals surface area contributed by atoms with Gasteiger partial charge in [-0.15, -0.1) is 0 Å². The Balaban J connectivity index is 1.61. The number of hydrogen-bond acceptors (Lipinski definition) is 5. The molecule has 1 aliphatic heterocycles. The molecule has 0 fully saturated rings. The second-order valence-electron chi connectivity index (χ2n) is 6.67. The third-order valence-corrected chi connectivity index (χ3v) is 4.36. The summed E-state index contributed by atoms with van der Waals surface area (Å²) in [4.78, 5) is 25.7. The van der Waals surface area contributed by atoms with Gasteiger partial charge in [-0.2, -0.15) is 0 Å². The fourth-order valence-electron chi connectivity index (χ4n) is 2.91. The van der Waals surface area contributed by atoms with Gasteiger partial charge in [0.2, 0.25) is 0 Å². The van der Waals surface area contributed by atoms with E-state index in [0.717, 1.165) is 0 Å². The Bertz CT molecular complexity index is 821. The third-order valence-electron chi connectivity index (χ3n) is 4.36. The van der Waals surface area contributed by atoms with Crippen molar-refractivity contribution in [2.75, 3.05) is 6.54 Å². The minimum atomic E-state index is -0.144. The first-order chi connectivity index (χ1) is 12.5. The second kappa shape index (κ2) is 7.56. The molecule has 1 aromatic carbocycles. The number of nitrogens with zero attached hydrogens (tertiary/aromatic N) is 2. The van der Waals surface area contributed by atoms with Gasteiger partial charge in [-0.1, -0.05) is 31.2 Å². The summed E-state index contributed by atoms with van der Waals surface area (Å²) < 4.78 is 10.9. The standard InChI is InChI=1S/C20H22N2O4/c1-13(2)19-5-4-10-22(19)20(24)18-11-17(26-21-18)12-25-16-8-6-15(7-9-16)14(3)23/h4-9,11,13,19H,10,12H2,1-3H3. The molecule has 136 valence electrons. The van der Waals surface area contributed by atoms with E-state index in [1.165, 1.54) is 6.92 Å². The van der Waals surface area contributed by atoms with E-state index in [4.69, 9.17) is 9.26 Å². The first-order valence-electron chi connectivity index (χ1n) is 8.62. The number of benzene rings is 1. The van der Waals surface area contributed by atoms with E-state index in [0.29, 0.717) is 29.5 Å². The molecular weight excluding hydrogens is 332 g/mol. The summed E-state index contributed by atoms with van der Waals surface area (Å²) in [5.41, 5.74) is 0.911. The lowest BCUT2D eigenvalue weighted by atomic mass is 10.0. The maximum absolute atomic E-state index is 12.6. The van der Waals surface area contributed by atoms with Crippen LogP contribution in [0.4, 0.5) is 0 Å². The van der Waals surface area contributed by atoms with Gasteiger partial charge in [-0.05, 0) is 37.1 Å². The Morgan fingerprint density at radius 3 is 2.69 bits per heavy atom. The lowest BCUT2D eigenvalue weighted by Crippen LogP contribution is -2.39. The highest BCUT2D eigenvalue weighted by atomic mass is 16.5. The lowest BCUT2D eigenvalue weighted by Gasteiger charge is -2.26. The van der Waals surface area contributed by atoms with Crippen LogP contribution in [0.5, 0.6) is 5.75 Å². The fourth-order valence-corrected chi connectivity index (χ4v) is 2.91. The molecule has 1 unspecified atom stereocenters. The highest BCUT2D eigenvalue weighted by molar-refractivity contribution is 5.94. The maximum atomic E-state index is 12.6. The van der Waals surface area contributed by atoms with Crippen molar-refractivity contribution in [3.63, 3.8) is 0 Å². The second-order valence-corrected chi connectivity index (χ2v) is 6.67. The van der Waals surface area contributed by atoms with E-state index >= 15 is 0 Å².